The van der Waals surface area contributed by atoms with Gasteiger partial charge in [0.2, 0.25) is 11.2 Å². The van der Waals surface area contributed by atoms with E-state index in [2.05, 4.69) is 4.98 Å². The summed E-state index contributed by atoms with van der Waals surface area (Å²) in [5.41, 5.74) is 1.27. The number of carbonyl (C=O) groups is 1. The first kappa shape index (κ1) is 12.9. The van der Waals surface area contributed by atoms with Crippen LogP contribution in [-0.2, 0) is 0 Å². The molecule has 2 aromatic rings. The van der Waals surface area contributed by atoms with E-state index in [9.17, 15) is 4.79 Å². The molecule has 0 aliphatic rings. The summed E-state index contributed by atoms with van der Waals surface area (Å²) in [6, 6.07) is 15.6. The summed E-state index contributed by atoms with van der Waals surface area (Å²) in [6.45, 7) is 0. The van der Waals surface area contributed by atoms with Gasteiger partial charge in [0.15, 0.2) is 4.98 Å². The van der Waals surface area contributed by atoms with E-state index in [1.807, 2.05) is 6.07 Å². The molecule has 0 atom stereocenters. The predicted octanol–water partition coefficient (Wildman–Crippen LogP) is 0.406. The maximum Gasteiger partial charge on any atom is 0.396 e. The molecule has 0 bridgehead atoms. The fraction of sp³-hybridized carbons (Fsp3) is 0. The number of hydrogen-bond acceptors (Lipinski definition) is 2. The van der Waals surface area contributed by atoms with Gasteiger partial charge in [0.25, 0.3) is 0 Å². The van der Waals surface area contributed by atoms with Crippen molar-refractivity contribution in [3.8, 4) is 0 Å². The molecule has 0 radical (unpaired) electrons. The van der Waals surface area contributed by atoms with Gasteiger partial charge in [-0.3, -0.25) is 4.79 Å². The molecule has 0 fully saturated rings. The third-order valence-corrected chi connectivity index (χ3v) is 2.29. The van der Waals surface area contributed by atoms with E-state index in [0.29, 0.717) is 11.1 Å². The highest BCUT2D eigenvalue weighted by atomic mass is 35.5. The summed E-state index contributed by atoms with van der Waals surface area (Å²) in [7, 11) is 0. The number of nitrogens with zero attached hydrogens (tertiary/aromatic N) is 2. The van der Waals surface area contributed by atoms with Gasteiger partial charge in [-0.1, -0.05) is 42.5 Å². The van der Waals surface area contributed by atoms with Gasteiger partial charge in [0, 0.05) is 11.6 Å². The molecule has 4 heteroatoms. The second-order valence-corrected chi connectivity index (χ2v) is 3.31. The van der Waals surface area contributed by atoms with Crippen LogP contribution in [0.4, 0.5) is 5.69 Å². The lowest BCUT2D eigenvalue weighted by Gasteiger charge is -1.97. The normalized spacial score (nSPS) is 8.88. The third kappa shape index (κ3) is 2.68. The number of ketones is 1. The van der Waals surface area contributed by atoms with Crippen LogP contribution in [0, 0.1) is 5.39 Å². The Kier molecular flexibility index (Phi) is 4.38. The van der Waals surface area contributed by atoms with Crippen molar-refractivity contribution in [3.05, 3.63) is 70.7 Å². The molecule has 0 aliphatic heterocycles. The number of hydrogen-bond donors (Lipinski definition) is 0. The van der Waals surface area contributed by atoms with Crippen LogP contribution in [0.3, 0.4) is 0 Å². The lowest BCUT2D eigenvalue weighted by Crippen LogP contribution is -3.00. The molecule has 0 saturated heterocycles. The van der Waals surface area contributed by atoms with Crippen molar-refractivity contribution < 1.29 is 17.2 Å². The zero-order valence-corrected chi connectivity index (χ0v) is 9.63. The average molecular weight is 245 g/mol. The second-order valence-electron chi connectivity index (χ2n) is 3.31. The summed E-state index contributed by atoms with van der Waals surface area (Å²) < 4.78 is 0. The number of rotatable bonds is 2. The molecule has 17 heavy (non-hydrogen) atoms. The van der Waals surface area contributed by atoms with Crippen LogP contribution in [0.15, 0.2) is 54.6 Å². The molecule has 0 aromatic heterocycles. The van der Waals surface area contributed by atoms with E-state index < -0.39 is 0 Å². The van der Waals surface area contributed by atoms with E-state index in [4.69, 9.17) is 5.39 Å². The van der Waals surface area contributed by atoms with Gasteiger partial charge < -0.3 is 12.4 Å². The lowest BCUT2D eigenvalue weighted by atomic mass is 10.0. The SMILES string of the molecule is N#[N+]c1ccccc1C(=O)c1ccccc1.[Cl-]. The van der Waals surface area contributed by atoms with Crippen LogP contribution >= 0.6 is 0 Å². The largest absolute Gasteiger partial charge is 1.00 e. The molecule has 0 amide bonds. The molecule has 0 saturated carbocycles. The summed E-state index contributed by atoms with van der Waals surface area (Å²) in [4.78, 5) is 15.2. The molecular weight excluding hydrogens is 236 g/mol. The molecule has 3 nitrogen and oxygen atoms in total. The highest BCUT2D eigenvalue weighted by Crippen LogP contribution is 2.21. The van der Waals surface area contributed by atoms with Gasteiger partial charge in [-0.05, 0) is 6.07 Å². The molecule has 0 unspecified atom stereocenters. The number of halogens is 1. The van der Waals surface area contributed by atoms with Crippen molar-refractivity contribution >= 4 is 11.5 Å². The van der Waals surface area contributed by atoms with Crippen LogP contribution in [0.2, 0.25) is 0 Å². The highest BCUT2D eigenvalue weighted by molar-refractivity contribution is 6.12. The van der Waals surface area contributed by atoms with E-state index in [1.54, 1.807) is 48.5 Å². The Labute approximate surface area is 105 Å². The van der Waals surface area contributed by atoms with Crippen molar-refractivity contribution in [1.29, 1.82) is 5.39 Å². The van der Waals surface area contributed by atoms with Crippen molar-refractivity contribution in [2.45, 2.75) is 0 Å². The standard InChI is InChI=1S/C13H9N2O.ClH/c14-15-12-9-5-4-8-11(12)13(16)10-6-2-1-3-7-10;/h1-9H;1H/q+1;/p-1. The first-order valence-corrected chi connectivity index (χ1v) is 4.87. The minimum Gasteiger partial charge on any atom is -1.00 e. The predicted molar refractivity (Wildman–Crippen MR) is 61.1 cm³/mol. The smallest absolute Gasteiger partial charge is 0.396 e. The molecule has 0 N–H and O–H groups in total. The maximum atomic E-state index is 12.1. The summed E-state index contributed by atoms with van der Waals surface area (Å²) in [5.74, 6) is -0.144. The average Bonchev–Trinajstić information content (AvgIpc) is 2.39. The molecule has 2 rings (SSSR count). The van der Waals surface area contributed by atoms with Crippen molar-refractivity contribution in [1.82, 2.24) is 0 Å². The van der Waals surface area contributed by atoms with Gasteiger partial charge in [0.05, 0.1) is 0 Å². The van der Waals surface area contributed by atoms with E-state index >= 15 is 0 Å². The molecule has 84 valence electrons. The minimum atomic E-state index is -0.144. The minimum absolute atomic E-state index is 0. The van der Waals surface area contributed by atoms with Crippen LogP contribution in [-0.4, -0.2) is 5.78 Å². The molecule has 0 heterocycles. The van der Waals surface area contributed by atoms with Crippen LogP contribution in [0.1, 0.15) is 15.9 Å². The Bertz CT molecular complexity index is 561. The van der Waals surface area contributed by atoms with E-state index in [0.717, 1.165) is 0 Å². The van der Waals surface area contributed by atoms with E-state index in [1.165, 1.54) is 0 Å². The zero-order valence-electron chi connectivity index (χ0n) is 8.88. The fourth-order valence-electron chi connectivity index (χ4n) is 1.50. The molecule has 2 aromatic carbocycles. The Hall–Kier alpha value is -2.18. The van der Waals surface area contributed by atoms with E-state index in [-0.39, 0.29) is 23.9 Å². The molecule has 0 aliphatic carbocycles. The quantitative estimate of drug-likeness (QED) is 0.567. The number of diazo groups is 1. The molecule has 0 spiro atoms. The van der Waals surface area contributed by atoms with Crippen molar-refractivity contribution in [3.63, 3.8) is 0 Å². The summed E-state index contributed by atoms with van der Waals surface area (Å²) in [6.07, 6.45) is 0. The first-order chi connectivity index (χ1) is 7.83. The second kappa shape index (κ2) is 5.78. The first-order valence-electron chi connectivity index (χ1n) is 4.87. The van der Waals surface area contributed by atoms with Crippen LogP contribution < -0.4 is 12.4 Å². The van der Waals surface area contributed by atoms with Crippen molar-refractivity contribution in [2.24, 2.45) is 0 Å². The van der Waals surface area contributed by atoms with Crippen LogP contribution in [0.5, 0.6) is 0 Å². The Morgan fingerprint density at radius 2 is 1.53 bits per heavy atom. The van der Waals surface area contributed by atoms with Gasteiger partial charge in [-0.2, -0.15) is 0 Å². The van der Waals surface area contributed by atoms with Gasteiger partial charge in [-0.15, -0.1) is 0 Å². The third-order valence-electron chi connectivity index (χ3n) is 2.29. The monoisotopic (exact) mass is 244 g/mol. The van der Waals surface area contributed by atoms with Crippen molar-refractivity contribution in [2.75, 3.05) is 0 Å². The summed E-state index contributed by atoms with van der Waals surface area (Å²) in [5, 5.41) is 8.79. The van der Waals surface area contributed by atoms with Gasteiger partial charge in [0.1, 0.15) is 5.56 Å². The number of benzene rings is 2. The Balaban J connectivity index is 0.00000144. The fourth-order valence-corrected chi connectivity index (χ4v) is 1.50. The molecular formula is C13H9ClN2O. The zero-order chi connectivity index (χ0) is 11.4. The highest BCUT2D eigenvalue weighted by Gasteiger charge is 2.20. The van der Waals surface area contributed by atoms with Gasteiger partial charge >= 0.3 is 5.69 Å². The topological polar surface area (TPSA) is 45.2 Å². The lowest BCUT2D eigenvalue weighted by molar-refractivity contribution is -0.0000107. The number of carbonyl (C=O) groups excluding carboxylic acids is 1. The van der Waals surface area contributed by atoms with Gasteiger partial charge in [-0.25, -0.2) is 0 Å². The van der Waals surface area contributed by atoms with Crippen LogP contribution in [0.25, 0.3) is 4.98 Å². The Morgan fingerprint density at radius 1 is 0.941 bits per heavy atom. The summed E-state index contributed by atoms with van der Waals surface area (Å²) >= 11 is 0. The Morgan fingerprint density at radius 3 is 2.18 bits per heavy atom. The maximum absolute atomic E-state index is 12.1.